The molecule has 0 atom stereocenters. The third-order valence-corrected chi connectivity index (χ3v) is 1.45. The van der Waals surface area contributed by atoms with Crippen LogP contribution >= 0.6 is 0 Å². The van der Waals surface area contributed by atoms with Crippen LogP contribution in [-0.4, -0.2) is 22.0 Å². The lowest BCUT2D eigenvalue weighted by molar-refractivity contribution is -0.113. The van der Waals surface area contributed by atoms with Crippen LogP contribution in [0.15, 0.2) is 24.4 Å². The number of nitrogens with zero attached hydrogens (tertiary/aromatic N) is 1. The number of amides is 1. The van der Waals surface area contributed by atoms with Gasteiger partial charge in [-0.05, 0) is 18.2 Å². The lowest BCUT2D eigenvalue weighted by Crippen LogP contribution is -2.05. The van der Waals surface area contributed by atoms with Crippen molar-refractivity contribution in [2.45, 2.75) is 0 Å². The first-order valence-electron chi connectivity index (χ1n) is 3.76. The minimum absolute atomic E-state index is 0.0984. The van der Waals surface area contributed by atoms with Gasteiger partial charge in [0.25, 0.3) is 0 Å². The Balaban J connectivity index is 2.83. The quantitative estimate of drug-likeness (QED) is 0.672. The highest BCUT2D eigenvalue weighted by atomic mass is 16.4. The zero-order chi connectivity index (χ0) is 10.6. The lowest BCUT2D eigenvalue weighted by Gasteiger charge is -1.94. The van der Waals surface area contributed by atoms with Gasteiger partial charge >= 0.3 is 5.97 Å². The highest BCUT2D eigenvalue weighted by Crippen LogP contribution is 2.01. The predicted molar refractivity (Wildman–Crippen MR) is 49.4 cm³/mol. The summed E-state index contributed by atoms with van der Waals surface area (Å²) >= 11 is 0. The van der Waals surface area contributed by atoms with Gasteiger partial charge in [-0.1, -0.05) is 0 Å². The SMILES string of the molecule is NC(=O)C=Cc1ccc(C(=O)O)cn1. The first-order chi connectivity index (χ1) is 6.59. The molecular weight excluding hydrogens is 184 g/mol. The first kappa shape index (κ1) is 9.91. The maximum atomic E-state index is 10.4. The Morgan fingerprint density at radius 3 is 2.57 bits per heavy atom. The van der Waals surface area contributed by atoms with Crippen molar-refractivity contribution in [2.75, 3.05) is 0 Å². The molecule has 0 aliphatic rings. The lowest BCUT2D eigenvalue weighted by atomic mass is 10.2. The Hall–Kier alpha value is -2.17. The van der Waals surface area contributed by atoms with Gasteiger partial charge in [-0.3, -0.25) is 9.78 Å². The summed E-state index contributed by atoms with van der Waals surface area (Å²) in [7, 11) is 0. The molecule has 1 aromatic rings. The minimum atomic E-state index is -1.04. The molecule has 0 aliphatic carbocycles. The van der Waals surface area contributed by atoms with Crippen LogP contribution < -0.4 is 5.73 Å². The maximum Gasteiger partial charge on any atom is 0.337 e. The Morgan fingerprint density at radius 2 is 2.14 bits per heavy atom. The molecule has 1 heterocycles. The number of hydrogen-bond acceptors (Lipinski definition) is 3. The Bertz CT molecular complexity index is 382. The topological polar surface area (TPSA) is 93.3 Å². The van der Waals surface area contributed by atoms with E-state index in [9.17, 15) is 9.59 Å². The second-order valence-corrected chi connectivity index (χ2v) is 2.51. The van der Waals surface area contributed by atoms with E-state index in [1.165, 1.54) is 24.4 Å². The molecule has 0 radical (unpaired) electrons. The van der Waals surface area contributed by atoms with Crippen LogP contribution in [0.25, 0.3) is 6.08 Å². The van der Waals surface area contributed by atoms with Gasteiger partial charge in [0.05, 0.1) is 11.3 Å². The molecular formula is C9H8N2O3. The molecule has 1 amide bonds. The second kappa shape index (κ2) is 4.18. The zero-order valence-electron chi connectivity index (χ0n) is 7.18. The summed E-state index contributed by atoms with van der Waals surface area (Å²) in [5.74, 6) is -1.61. The van der Waals surface area contributed by atoms with Crippen LogP contribution in [0.3, 0.4) is 0 Å². The van der Waals surface area contributed by atoms with Crippen molar-refractivity contribution in [3.05, 3.63) is 35.7 Å². The fourth-order valence-electron chi connectivity index (χ4n) is 0.798. The van der Waals surface area contributed by atoms with Gasteiger partial charge in [-0.15, -0.1) is 0 Å². The average Bonchev–Trinajstić information content (AvgIpc) is 2.15. The minimum Gasteiger partial charge on any atom is -0.478 e. The molecule has 1 rings (SSSR count). The third kappa shape index (κ3) is 2.71. The molecule has 0 saturated carbocycles. The van der Waals surface area contributed by atoms with Gasteiger partial charge in [-0.2, -0.15) is 0 Å². The number of carboxylic acids is 1. The van der Waals surface area contributed by atoms with E-state index in [2.05, 4.69) is 4.98 Å². The van der Waals surface area contributed by atoms with E-state index in [-0.39, 0.29) is 5.56 Å². The van der Waals surface area contributed by atoms with Gasteiger partial charge in [0, 0.05) is 12.3 Å². The van der Waals surface area contributed by atoms with E-state index in [4.69, 9.17) is 10.8 Å². The Labute approximate surface area is 79.9 Å². The van der Waals surface area contributed by atoms with Crippen LogP contribution in [0, 0.1) is 0 Å². The van der Waals surface area contributed by atoms with Crippen molar-refractivity contribution in [3.8, 4) is 0 Å². The van der Waals surface area contributed by atoms with E-state index >= 15 is 0 Å². The molecule has 3 N–H and O–H groups in total. The molecule has 0 unspecified atom stereocenters. The standard InChI is InChI=1S/C9H8N2O3/c10-8(12)4-3-7-2-1-6(5-11-7)9(13)14/h1-5H,(H2,10,12)(H,13,14). The molecule has 0 aromatic carbocycles. The van der Waals surface area contributed by atoms with Crippen molar-refractivity contribution in [2.24, 2.45) is 5.73 Å². The fourth-order valence-corrected chi connectivity index (χ4v) is 0.798. The average molecular weight is 192 g/mol. The van der Waals surface area contributed by atoms with Gasteiger partial charge in [0.1, 0.15) is 0 Å². The van der Waals surface area contributed by atoms with Crippen molar-refractivity contribution < 1.29 is 14.7 Å². The molecule has 14 heavy (non-hydrogen) atoms. The number of primary amides is 1. The van der Waals surface area contributed by atoms with Crippen LogP contribution in [0.4, 0.5) is 0 Å². The van der Waals surface area contributed by atoms with Crippen molar-refractivity contribution in [1.82, 2.24) is 4.98 Å². The molecule has 0 spiro atoms. The van der Waals surface area contributed by atoms with Crippen molar-refractivity contribution in [3.63, 3.8) is 0 Å². The van der Waals surface area contributed by atoms with E-state index in [1.807, 2.05) is 0 Å². The van der Waals surface area contributed by atoms with Crippen LogP contribution in [0.1, 0.15) is 16.1 Å². The number of pyridine rings is 1. The number of rotatable bonds is 3. The molecule has 5 nitrogen and oxygen atoms in total. The summed E-state index contributed by atoms with van der Waals surface area (Å²) < 4.78 is 0. The summed E-state index contributed by atoms with van der Waals surface area (Å²) in [6.45, 7) is 0. The first-order valence-corrected chi connectivity index (χ1v) is 3.76. The zero-order valence-corrected chi connectivity index (χ0v) is 7.18. The molecule has 1 aromatic heterocycles. The summed E-state index contributed by atoms with van der Waals surface area (Å²) in [6, 6.07) is 2.89. The molecule has 5 heteroatoms. The Morgan fingerprint density at radius 1 is 1.43 bits per heavy atom. The van der Waals surface area contributed by atoms with Gasteiger partial charge in [-0.25, -0.2) is 4.79 Å². The molecule has 72 valence electrons. The summed E-state index contributed by atoms with van der Waals surface area (Å²) in [5.41, 5.74) is 5.45. The van der Waals surface area contributed by atoms with E-state index in [0.717, 1.165) is 6.08 Å². The van der Waals surface area contributed by atoms with Gasteiger partial charge < -0.3 is 10.8 Å². The molecule has 0 fully saturated rings. The third-order valence-electron chi connectivity index (χ3n) is 1.45. The number of hydrogen-bond donors (Lipinski definition) is 2. The summed E-state index contributed by atoms with van der Waals surface area (Å²) in [4.78, 5) is 24.6. The van der Waals surface area contributed by atoms with Crippen molar-refractivity contribution >= 4 is 18.0 Å². The number of aromatic nitrogens is 1. The van der Waals surface area contributed by atoms with Gasteiger partial charge in [0.15, 0.2) is 0 Å². The Kier molecular flexibility index (Phi) is 2.96. The highest BCUT2D eigenvalue weighted by Gasteiger charge is 2.00. The summed E-state index contributed by atoms with van der Waals surface area (Å²) in [6.07, 6.45) is 3.78. The number of carbonyl (C=O) groups excluding carboxylic acids is 1. The maximum absolute atomic E-state index is 10.4. The fraction of sp³-hybridized carbons (Fsp3) is 0. The molecule has 0 aliphatic heterocycles. The van der Waals surface area contributed by atoms with E-state index in [0.29, 0.717) is 5.69 Å². The smallest absolute Gasteiger partial charge is 0.337 e. The highest BCUT2D eigenvalue weighted by molar-refractivity contribution is 5.90. The summed E-state index contributed by atoms with van der Waals surface area (Å²) in [5, 5.41) is 8.56. The van der Waals surface area contributed by atoms with Crippen LogP contribution in [0.2, 0.25) is 0 Å². The monoisotopic (exact) mass is 192 g/mol. The second-order valence-electron chi connectivity index (χ2n) is 2.51. The largest absolute Gasteiger partial charge is 0.478 e. The van der Waals surface area contributed by atoms with Crippen molar-refractivity contribution in [1.29, 1.82) is 0 Å². The van der Waals surface area contributed by atoms with E-state index < -0.39 is 11.9 Å². The predicted octanol–water partition coefficient (Wildman–Crippen LogP) is 0.278. The van der Waals surface area contributed by atoms with Crippen LogP contribution in [0.5, 0.6) is 0 Å². The normalized spacial score (nSPS) is 10.3. The number of nitrogens with two attached hydrogens (primary N) is 1. The molecule has 0 bridgehead atoms. The van der Waals surface area contributed by atoms with Crippen LogP contribution in [-0.2, 0) is 4.79 Å². The van der Waals surface area contributed by atoms with E-state index in [1.54, 1.807) is 0 Å². The van der Waals surface area contributed by atoms with Gasteiger partial charge in [0.2, 0.25) is 5.91 Å². The number of carbonyl (C=O) groups is 2. The number of carboxylic acid groups (broad SMARTS) is 1. The number of aromatic carboxylic acids is 1. The molecule has 0 saturated heterocycles.